The van der Waals surface area contributed by atoms with Gasteiger partial charge in [-0.05, 0) is 51.8 Å². The maximum Gasteiger partial charge on any atom is 0.270 e. The molecule has 3 heterocycles. The molecule has 1 saturated heterocycles. The maximum absolute atomic E-state index is 13.8. The van der Waals surface area contributed by atoms with Gasteiger partial charge in [-0.15, -0.1) is 6.42 Å². The molecule has 0 saturated carbocycles. The fourth-order valence-electron chi connectivity index (χ4n) is 5.17. The van der Waals surface area contributed by atoms with E-state index in [4.69, 9.17) is 11.2 Å². The first-order valence-electron chi connectivity index (χ1n) is 12.4. The quantitative estimate of drug-likeness (QED) is 0.243. The minimum absolute atomic E-state index is 0.0761. The van der Waals surface area contributed by atoms with E-state index in [0.717, 1.165) is 11.1 Å². The molecule has 39 heavy (non-hydrogen) atoms. The standard InChI is InChI=1S/C30H25BrFN5O2/c1-3-18-39-25-7-5-4-6-22(25)28(20-8-10-21(32)11-9-20)36-14-16-37(17-15-36)29-23(19-33)30(38)35(2)24-12-13-26(31)34-27(24)29/h1,4-13,28H,14-18H2,2H3/t28-/m1/s1. The Bertz CT molecular complexity index is 1660. The second-order valence-electron chi connectivity index (χ2n) is 9.21. The molecule has 0 bridgehead atoms. The van der Waals surface area contributed by atoms with E-state index in [-0.39, 0.29) is 29.6 Å². The highest BCUT2D eigenvalue weighted by molar-refractivity contribution is 9.10. The van der Waals surface area contributed by atoms with Crippen LogP contribution in [0.4, 0.5) is 10.1 Å². The summed E-state index contributed by atoms with van der Waals surface area (Å²) >= 11 is 3.43. The maximum atomic E-state index is 13.8. The summed E-state index contributed by atoms with van der Waals surface area (Å²) < 4.78 is 21.8. The lowest BCUT2D eigenvalue weighted by atomic mass is 9.95. The molecule has 9 heteroatoms. The zero-order valence-corrected chi connectivity index (χ0v) is 22.9. The number of aryl methyl sites for hydroxylation is 1. The number of piperazine rings is 1. The number of benzene rings is 2. The summed E-state index contributed by atoms with van der Waals surface area (Å²) in [5.41, 5.74) is 3.37. The van der Waals surface area contributed by atoms with Crippen molar-refractivity contribution in [1.29, 1.82) is 5.26 Å². The van der Waals surface area contributed by atoms with Gasteiger partial charge in [0, 0.05) is 38.8 Å². The van der Waals surface area contributed by atoms with Crippen LogP contribution in [0.5, 0.6) is 5.75 Å². The molecule has 0 N–H and O–H groups in total. The molecular weight excluding hydrogens is 561 g/mol. The van der Waals surface area contributed by atoms with E-state index >= 15 is 0 Å². The summed E-state index contributed by atoms with van der Waals surface area (Å²) in [5, 5.41) is 9.95. The van der Waals surface area contributed by atoms with E-state index in [0.29, 0.717) is 53.3 Å². The Balaban J connectivity index is 1.53. The van der Waals surface area contributed by atoms with Gasteiger partial charge in [-0.25, -0.2) is 9.37 Å². The number of hydrogen-bond donors (Lipinski definition) is 0. The summed E-state index contributed by atoms with van der Waals surface area (Å²) in [6.45, 7) is 2.46. The number of aromatic nitrogens is 2. The zero-order valence-electron chi connectivity index (χ0n) is 21.3. The number of anilines is 1. The SMILES string of the molecule is C#CCOc1ccccc1[C@@H](c1ccc(F)cc1)N1CCN(c2c(C#N)c(=O)n(C)c3ccc(Br)nc23)CC1. The van der Waals surface area contributed by atoms with E-state index in [1.807, 2.05) is 30.3 Å². The third kappa shape index (κ3) is 5.12. The molecule has 7 nitrogen and oxygen atoms in total. The summed E-state index contributed by atoms with van der Waals surface area (Å²) in [4.78, 5) is 22.1. The lowest BCUT2D eigenvalue weighted by Crippen LogP contribution is -2.48. The van der Waals surface area contributed by atoms with Crippen LogP contribution in [-0.4, -0.2) is 47.2 Å². The van der Waals surface area contributed by atoms with Crippen molar-refractivity contribution in [3.8, 4) is 24.2 Å². The number of terminal acetylenes is 1. The van der Waals surface area contributed by atoms with Crippen LogP contribution < -0.4 is 15.2 Å². The van der Waals surface area contributed by atoms with E-state index in [1.54, 1.807) is 25.2 Å². The van der Waals surface area contributed by atoms with Gasteiger partial charge < -0.3 is 14.2 Å². The van der Waals surface area contributed by atoms with E-state index in [9.17, 15) is 14.4 Å². The van der Waals surface area contributed by atoms with Crippen LogP contribution in [0.2, 0.25) is 0 Å². The number of halogens is 2. The smallest absolute Gasteiger partial charge is 0.270 e. The second-order valence-corrected chi connectivity index (χ2v) is 10.0. The third-order valence-corrected chi connectivity index (χ3v) is 7.44. The summed E-state index contributed by atoms with van der Waals surface area (Å²) in [6, 6.07) is 19.7. The number of ether oxygens (including phenoxy) is 1. The minimum Gasteiger partial charge on any atom is -0.481 e. The molecule has 5 rings (SSSR count). The molecule has 0 unspecified atom stereocenters. The highest BCUT2D eigenvalue weighted by Gasteiger charge is 2.31. The molecular formula is C30H25BrFN5O2. The Morgan fingerprint density at radius 3 is 2.51 bits per heavy atom. The number of nitrogens with zero attached hydrogens (tertiary/aromatic N) is 5. The van der Waals surface area contributed by atoms with Crippen molar-refractivity contribution in [3.63, 3.8) is 0 Å². The van der Waals surface area contributed by atoms with Crippen molar-refractivity contribution in [3.05, 3.63) is 98.1 Å². The van der Waals surface area contributed by atoms with Gasteiger partial charge in [0.2, 0.25) is 0 Å². The lowest BCUT2D eigenvalue weighted by Gasteiger charge is -2.41. The molecule has 1 fully saturated rings. The highest BCUT2D eigenvalue weighted by atomic mass is 79.9. The van der Waals surface area contributed by atoms with E-state index < -0.39 is 0 Å². The van der Waals surface area contributed by atoms with Gasteiger partial charge in [-0.2, -0.15) is 5.26 Å². The van der Waals surface area contributed by atoms with Crippen molar-refractivity contribution in [1.82, 2.24) is 14.5 Å². The number of rotatable bonds is 6. The van der Waals surface area contributed by atoms with Gasteiger partial charge in [0.25, 0.3) is 5.56 Å². The average Bonchev–Trinajstić information content (AvgIpc) is 2.96. The van der Waals surface area contributed by atoms with Gasteiger partial charge in [-0.1, -0.05) is 36.3 Å². The van der Waals surface area contributed by atoms with Gasteiger partial charge in [0.15, 0.2) is 0 Å². The molecule has 0 radical (unpaired) electrons. The Morgan fingerprint density at radius 2 is 1.82 bits per heavy atom. The second kappa shape index (κ2) is 11.3. The van der Waals surface area contributed by atoms with Crippen LogP contribution in [0.25, 0.3) is 11.0 Å². The molecule has 4 aromatic rings. The molecule has 2 aromatic carbocycles. The Labute approximate surface area is 234 Å². The van der Waals surface area contributed by atoms with Crippen LogP contribution in [0.3, 0.4) is 0 Å². The molecule has 0 aliphatic carbocycles. The summed E-state index contributed by atoms with van der Waals surface area (Å²) in [5.74, 6) is 2.88. The van der Waals surface area contributed by atoms with Crippen molar-refractivity contribution in [2.75, 3.05) is 37.7 Å². The largest absolute Gasteiger partial charge is 0.481 e. The topological polar surface area (TPSA) is 74.4 Å². The average molecular weight is 586 g/mol. The number of pyridine rings is 2. The predicted octanol–water partition coefficient (Wildman–Crippen LogP) is 4.63. The van der Waals surface area contributed by atoms with Gasteiger partial charge in [0.1, 0.15) is 39.9 Å². The Kier molecular flexibility index (Phi) is 7.65. The molecule has 0 spiro atoms. The monoisotopic (exact) mass is 585 g/mol. The normalized spacial score (nSPS) is 14.5. The van der Waals surface area contributed by atoms with Gasteiger partial charge >= 0.3 is 0 Å². The van der Waals surface area contributed by atoms with Crippen LogP contribution in [0, 0.1) is 29.5 Å². The third-order valence-electron chi connectivity index (χ3n) is 7.00. The van der Waals surface area contributed by atoms with Crippen molar-refractivity contribution >= 4 is 32.7 Å². The fourth-order valence-corrected chi connectivity index (χ4v) is 5.48. The molecule has 196 valence electrons. The molecule has 1 aliphatic heterocycles. The summed E-state index contributed by atoms with van der Waals surface area (Å²) in [6.07, 6.45) is 5.45. The van der Waals surface area contributed by atoms with E-state index in [1.165, 1.54) is 16.7 Å². The number of hydrogen-bond acceptors (Lipinski definition) is 6. The molecule has 1 aliphatic rings. The predicted molar refractivity (Wildman–Crippen MR) is 152 cm³/mol. The Hall–Kier alpha value is -4.18. The number of fused-ring (bicyclic) bond motifs is 1. The lowest BCUT2D eigenvalue weighted by molar-refractivity contribution is 0.208. The highest BCUT2D eigenvalue weighted by Crippen LogP contribution is 2.37. The molecule has 2 aromatic heterocycles. The number of nitriles is 1. The van der Waals surface area contributed by atoms with Crippen molar-refractivity contribution in [2.24, 2.45) is 7.05 Å². The van der Waals surface area contributed by atoms with Gasteiger partial charge in [-0.3, -0.25) is 9.69 Å². The van der Waals surface area contributed by atoms with Crippen molar-refractivity contribution < 1.29 is 9.13 Å². The number of para-hydroxylation sites is 1. The first-order valence-corrected chi connectivity index (χ1v) is 13.2. The minimum atomic E-state index is -0.352. The van der Waals surface area contributed by atoms with Crippen LogP contribution >= 0.6 is 15.9 Å². The van der Waals surface area contributed by atoms with Gasteiger partial charge in [0.05, 0.1) is 17.2 Å². The summed E-state index contributed by atoms with van der Waals surface area (Å²) in [7, 11) is 1.65. The Morgan fingerprint density at radius 1 is 1.10 bits per heavy atom. The van der Waals surface area contributed by atoms with Crippen LogP contribution in [0.15, 0.2) is 70.1 Å². The van der Waals surface area contributed by atoms with Crippen molar-refractivity contribution in [2.45, 2.75) is 6.04 Å². The zero-order chi connectivity index (χ0) is 27.5. The molecule has 0 amide bonds. The first-order chi connectivity index (χ1) is 18.9. The molecule has 1 atom stereocenters. The van der Waals surface area contributed by atoms with E-state index in [2.05, 4.69) is 42.7 Å². The first kappa shape index (κ1) is 26.4. The fraction of sp³-hybridized carbons (Fsp3) is 0.233. The van der Waals surface area contributed by atoms with Crippen LogP contribution in [-0.2, 0) is 7.05 Å². The van der Waals surface area contributed by atoms with Crippen LogP contribution in [0.1, 0.15) is 22.7 Å².